The van der Waals surface area contributed by atoms with E-state index in [9.17, 15) is 4.39 Å². The van der Waals surface area contributed by atoms with Crippen LogP contribution in [0.4, 0.5) is 4.39 Å². The minimum absolute atomic E-state index is 0.162. The molecule has 0 fully saturated rings. The summed E-state index contributed by atoms with van der Waals surface area (Å²) in [5.41, 5.74) is 2.66. The number of benzene rings is 2. The van der Waals surface area contributed by atoms with Gasteiger partial charge in [-0.2, -0.15) is 0 Å². The summed E-state index contributed by atoms with van der Waals surface area (Å²) in [6.45, 7) is 3.17. The Balaban J connectivity index is 1.82. The monoisotopic (exact) mass is 311 g/mol. The average Bonchev–Trinajstić information content (AvgIpc) is 2.40. The van der Waals surface area contributed by atoms with Crippen LogP contribution in [0.2, 0.25) is 10.0 Å². The Labute approximate surface area is 128 Å². The quantitative estimate of drug-likeness (QED) is 0.784. The molecular weight excluding hydrogens is 296 g/mol. The lowest BCUT2D eigenvalue weighted by atomic mass is 10.1. The molecule has 0 aliphatic heterocycles. The highest BCUT2D eigenvalue weighted by molar-refractivity contribution is 6.35. The van der Waals surface area contributed by atoms with Crippen LogP contribution < -0.4 is 5.32 Å². The standard InChI is InChI=1S/C16H16Cl2FN/c1-11-2-3-12(8-16(11)19)10-20-7-6-13-4-5-14(17)9-15(13)18/h2-5,8-9,20H,6-7,10H2,1H3. The Morgan fingerprint density at radius 2 is 1.90 bits per heavy atom. The second-order valence-corrected chi connectivity index (χ2v) is 5.59. The normalized spacial score (nSPS) is 10.8. The van der Waals surface area contributed by atoms with Crippen molar-refractivity contribution in [2.24, 2.45) is 0 Å². The van der Waals surface area contributed by atoms with E-state index in [-0.39, 0.29) is 5.82 Å². The van der Waals surface area contributed by atoms with Crippen LogP contribution in [0.3, 0.4) is 0 Å². The van der Waals surface area contributed by atoms with Gasteiger partial charge in [0.25, 0.3) is 0 Å². The number of hydrogen-bond acceptors (Lipinski definition) is 1. The van der Waals surface area contributed by atoms with E-state index in [4.69, 9.17) is 23.2 Å². The van der Waals surface area contributed by atoms with E-state index in [0.29, 0.717) is 22.2 Å². The molecule has 0 radical (unpaired) electrons. The molecule has 2 rings (SSSR count). The largest absolute Gasteiger partial charge is 0.312 e. The van der Waals surface area contributed by atoms with E-state index < -0.39 is 0 Å². The van der Waals surface area contributed by atoms with Gasteiger partial charge in [0.1, 0.15) is 5.82 Å². The van der Waals surface area contributed by atoms with Gasteiger partial charge >= 0.3 is 0 Å². The Kier molecular flexibility index (Phi) is 5.41. The fourth-order valence-electron chi connectivity index (χ4n) is 1.93. The molecule has 0 unspecified atom stereocenters. The number of aryl methyl sites for hydroxylation is 1. The van der Waals surface area contributed by atoms with Crippen LogP contribution in [0, 0.1) is 12.7 Å². The number of rotatable bonds is 5. The van der Waals surface area contributed by atoms with Gasteiger partial charge in [-0.25, -0.2) is 4.39 Å². The molecule has 0 spiro atoms. The second-order valence-electron chi connectivity index (χ2n) is 4.75. The Morgan fingerprint density at radius 3 is 2.60 bits per heavy atom. The van der Waals surface area contributed by atoms with Gasteiger partial charge in [0, 0.05) is 16.6 Å². The Hall–Kier alpha value is -1.09. The molecule has 0 amide bonds. The smallest absolute Gasteiger partial charge is 0.126 e. The molecule has 1 N–H and O–H groups in total. The number of hydrogen-bond donors (Lipinski definition) is 1. The lowest BCUT2D eigenvalue weighted by Crippen LogP contribution is -2.17. The molecule has 0 saturated carbocycles. The van der Waals surface area contributed by atoms with Crippen LogP contribution in [0.25, 0.3) is 0 Å². The van der Waals surface area contributed by atoms with E-state index in [1.807, 2.05) is 18.2 Å². The molecule has 0 heterocycles. The first-order valence-corrected chi connectivity index (χ1v) is 7.21. The van der Waals surface area contributed by atoms with Gasteiger partial charge in [0.15, 0.2) is 0 Å². The lowest BCUT2D eigenvalue weighted by molar-refractivity contribution is 0.611. The first-order chi connectivity index (χ1) is 9.56. The van der Waals surface area contributed by atoms with Crippen LogP contribution in [-0.4, -0.2) is 6.54 Å². The lowest BCUT2D eigenvalue weighted by Gasteiger charge is -2.08. The highest BCUT2D eigenvalue weighted by atomic mass is 35.5. The van der Waals surface area contributed by atoms with Crippen LogP contribution >= 0.6 is 23.2 Å². The summed E-state index contributed by atoms with van der Waals surface area (Å²) >= 11 is 12.0. The van der Waals surface area contributed by atoms with Gasteiger partial charge < -0.3 is 5.32 Å². The molecule has 0 aliphatic carbocycles. The third-order valence-corrected chi connectivity index (χ3v) is 3.74. The Morgan fingerprint density at radius 1 is 1.10 bits per heavy atom. The highest BCUT2D eigenvalue weighted by Gasteiger charge is 2.02. The minimum atomic E-state index is -0.162. The summed E-state index contributed by atoms with van der Waals surface area (Å²) in [6.07, 6.45) is 0.810. The van der Waals surface area contributed by atoms with Crippen molar-refractivity contribution in [2.45, 2.75) is 19.9 Å². The molecule has 2 aromatic rings. The van der Waals surface area contributed by atoms with Gasteiger partial charge in [-0.3, -0.25) is 0 Å². The van der Waals surface area contributed by atoms with Crippen molar-refractivity contribution in [2.75, 3.05) is 6.54 Å². The van der Waals surface area contributed by atoms with Crippen LogP contribution in [-0.2, 0) is 13.0 Å². The summed E-state index contributed by atoms with van der Waals surface area (Å²) in [4.78, 5) is 0. The molecule has 0 bridgehead atoms. The zero-order valence-electron chi connectivity index (χ0n) is 11.2. The predicted molar refractivity (Wildman–Crippen MR) is 83.0 cm³/mol. The topological polar surface area (TPSA) is 12.0 Å². The maximum absolute atomic E-state index is 13.4. The third-order valence-electron chi connectivity index (χ3n) is 3.15. The van der Waals surface area contributed by atoms with E-state index in [2.05, 4.69) is 5.32 Å². The molecule has 106 valence electrons. The van der Waals surface area contributed by atoms with Crippen molar-refractivity contribution < 1.29 is 4.39 Å². The van der Waals surface area contributed by atoms with E-state index in [1.54, 1.807) is 25.1 Å². The molecule has 4 heteroatoms. The first kappa shape index (κ1) is 15.3. The number of halogens is 3. The molecule has 0 saturated heterocycles. The minimum Gasteiger partial charge on any atom is -0.312 e. The van der Waals surface area contributed by atoms with Crippen LogP contribution in [0.15, 0.2) is 36.4 Å². The van der Waals surface area contributed by atoms with Gasteiger partial charge in [-0.05, 0) is 54.8 Å². The van der Waals surface area contributed by atoms with E-state index >= 15 is 0 Å². The highest BCUT2D eigenvalue weighted by Crippen LogP contribution is 2.21. The maximum Gasteiger partial charge on any atom is 0.126 e. The zero-order valence-corrected chi connectivity index (χ0v) is 12.7. The molecule has 2 aromatic carbocycles. The predicted octanol–water partition coefficient (Wildman–Crippen LogP) is 4.77. The van der Waals surface area contributed by atoms with E-state index in [1.165, 1.54) is 0 Å². The number of nitrogens with one attached hydrogen (secondary N) is 1. The van der Waals surface area contributed by atoms with Crippen molar-refractivity contribution in [1.29, 1.82) is 0 Å². The molecule has 1 nitrogen and oxygen atoms in total. The summed E-state index contributed by atoms with van der Waals surface area (Å²) in [7, 11) is 0. The Bertz CT molecular complexity index is 599. The zero-order chi connectivity index (χ0) is 14.5. The van der Waals surface area contributed by atoms with Gasteiger partial charge in [0.2, 0.25) is 0 Å². The SMILES string of the molecule is Cc1ccc(CNCCc2ccc(Cl)cc2Cl)cc1F. The van der Waals surface area contributed by atoms with Crippen molar-refractivity contribution >= 4 is 23.2 Å². The van der Waals surface area contributed by atoms with Crippen LogP contribution in [0.1, 0.15) is 16.7 Å². The van der Waals surface area contributed by atoms with Gasteiger partial charge in [-0.1, -0.05) is 41.4 Å². The van der Waals surface area contributed by atoms with Crippen molar-refractivity contribution in [3.63, 3.8) is 0 Å². The van der Waals surface area contributed by atoms with Gasteiger partial charge in [-0.15, -0.1) is 0 Å². The van der Waals surface area contributed by atoms with Crippen molar-refractivity contribution in [3.05, 3.63) is 69.0 Å². The third kappa shape index (κ3) is 4.20. The maximum atomic E-state index is 13.4. The van der Waals surface area contributed by atoms with Crippen LogP contribution in [0.5, 0.6) is 0 Å². The molecular formula is C16H16Cl2FN. The van der Waals surface area contributed by atoms with E-state index in [0.717, 1.165) is 24.1 Å². The summed E-state index contributed by atoms with van der Waals surface area (Å²) in [5, 5.41) is 4.60. The summed E-state index contributed by atoms with van der Waals surface area (Å²) in [5.74, 6) is -0.162. The summed E-state index contributed by atoms with van der Waals surface area (Å²) in [6, 6.07) is 10.8. The summed E-state index contributed by atoms with van der Waals surface area (Å²) < 4.78 is 13.4. The van der Waals surface area contributed by atoms with Gasteiger partial charge in [0.05, 0.1) is 0 Å². The molecule has 0 aromatic heterocycles. The fourth-order valence-corrected chi connectivity index (χ4v) is 2.43. The molecule has 0 aliphatic rings. The first-order valence-electron chi connectivity index (χ1n) is 6.46. The average molecular weight is 312 g/mol. The second kappa shape index (κ2) is 7.07. The molecule has 0 atom stereocenters. The van der Waals surface area contributed by atoms with Crippen molar-refractivity contribution in [1.82, 2.24) is 5.32 Å². The van der Waals surface area contributed by atoms with Crippen molar-refractivity contribution in [3.8, 4) is 0 Å². The molecule has 20 heavy (non-hydrogen) atoms. The fraction of sp³-hybridized carbons (Fsp3) is 0.250.